The molecule has 0 aliphatic rings. The van der Waals surface area contributed by atoms with E-state index >= 15 is 0 Å². The van der Waals surface area contributed by atoms with E-state index in [0.717, 1.165) is 6.16 Å². The van der Waals surface area contributed by atoms with Crippen molar-refractivity contribution >= 4 is 42.2 Å². The molecule has 2 heteroatoms. The van der Waals surface area contributed by atoms with Crippen LogP contribution in [0.4, 0.5) is 0 Å². The van der Waals surface area contributed by atoms with E-state index in [1.165, 1.54) is 15.9 Å². The number of benzene rings is 3. The van der Waals surface area contributed by atoms with Crippen LogP contribution in [0.25, 0.3) is 0 Å². The third-order valence-corrected chi connectivity index (χ3v) is 15.6. The Bertz CT molecular complexity index is 682. The summed E-state index contributed by atoms with van der Waals surface area (Å²) in [5, 5.41) is 4.20. The molecular formula is C21H20IP. The van der Waals surface area contributed by atoms with E-state index in [-0.39, 0.29) is 0 Å². The zero-order valence-corrected chi connectivity index (χ0v) is 16.0. The van der Waals surface area contributed by atoms with E-state index in [1.54, 1.807) is 0 Å². The second kappa shape index (κ2) is 6.59. The number of rotatable bonds is 5. The molecule has 23 heavy (non-hydrogen) atoms. The third-order valence-electron chi connectivity index (χ3n) is 4.36. The molecule has 0 aliphatic carbocycles. The first-order valence-electron chi connectivity index (χ1n) is 7.70. The third kappa shape index (κ3) is 2.66. The topological polar surface area (TPSA) is 0 Å². The van der Waals surface area contributed by atoms with E-state index in [4.69, 9.17) is 0 Å². The van der Waals surface area contributed by atoms with Gasteiger partial charge in [0, 0.05) is 0 Å². The molecule has 0 atom stereocenters. The van der Waals surface area contributed by atoms with Crippen molar-refractivity contribution in [1.29, 1.82) is 0 Å². The van der Waals surface area contributed by atoms with Crippen LogP contribution in [0.5, 0.6) is 0 Å². The summed E-state index contributed by atoms with van der Waals surface area (Å²) in [5.41, 5.74) is 0. The fraction of sp³-hybridized carbons (Fsp3) is 0.0476. The van der Waals surface area contributed by atoms with Crippen LogP contribution in [0, 0.1) is 0 Å². The second-order valence-corrected chi connectivity index (χ2v) is 16.3. The van der Waals surface area contributed by atoms with Gasteiger partial charge in [-0.1, -0.05) is 0 Å². The minimum absolute atomic E-state index is 0.949. The van der Waals surface area contributed by atoms with Crippen molar-refractivity contribution in [2.75, 3.05) is 6.16 Å². The van der Waals surface area contributed by atoms with Gasteiger partial charge in [0.2, 0.25) is 0 Å². The molecule has 3 aromatic rings. The maximum atomic E-state index is 4.10. The van der Waals surface area contributed by atoms with Crippen molar-refractivity contribution in [2.45, 2.75) is 0 Å². The number of hydrogen-bond acceptors (Lipinski definition) is 0. The summed E-state index contributed by atoms with van der Waals surface area (Å²) >= 11 is 2.76. The van der Waals surface area contributed by atoms with Crippen LogP contribution in [0.3, 0.4) is 0 Å². The number of halogens is 1. The van der Waals surface area contributed by atoms with Crippen LogP contribution >= 0.6 is 26.3 Å². The first kappa shape index (κ1) is 16.4. The zero-order valence-electron chi connectivity index (χ0n) is 13.0. The predicted molar refractivity (Wildman–Crippen MR) is 114 cm³/mol. The molecule has 0 heterocycles. The summed E-state index contributed by atoms with van der Waals surface area (Å²) in [6.45, 7) is 4.10. The first-order chi connectivity index (χ1) is 11.2. The van der Waals surface area contributed by atoms with Crippen LogP contribution in [0.1, 0.15) is 0 Å². The molecule has 0 N–H and O–H groups in total. The monoisotopic (exact) mass is 430 g/mol. The van der Waals surface area contributed by atoms with Gasteiger partial charge in [0.25, 0.3) is 0 Å². The van der Waals surface area contributed by atoms with E-state index in [1.807, 2.05) is 0 Å². The number of hydrogen-bond donors (Lipinski definition) is 0. The summed E-state index contributed by atoms with van der Waals surface area (Å²) in [6.07, 6.45) is 3.03. The van der Waals surface area contributed by atoms with Gasteiger partial charge >= 0.3 is 152 Å². The average molecular weight is 430 g/mol. The molecule has 3 rings (SSSR count). The van der Waals surface area contributed by atoms with Gasteiger partial charge in [0.1, 0.15) is 0 Å². The Hall–Kier alpha value is -1.44. The van der Waals surface area contributed by atoms with Crippen LogP contribution in [0.2, 0.25) is 0 Å². The molecule has 116 valence electrons. The van der Waals surface area contributed by atoms with Gasteiger partial charge in [-0.05, 0) is 0 Å². The SMILES string of the molecule is C=CCP(I)(c1ccccc1)(c1ccccc1)c1ccccc1. The molecule has 0 unspecified atom stereocenters. The molecule has 0 saturated carbocycles. The summed E-state index contributed by atoms with van der Waals surface area (Å²) < 4.78 is -2.58. The van der Waals surface area contributed by atoms with E-state index in [2.05, 4.69) is 126 Å². The first-order valence-corrected chi connectivity index (χ1v) is 12.9. The molecule has 0 saturated heterocycles. The van der Waals surface area contributed by atoms with Crippen molar-refractivity contribution in [1.82, 2.24) is 0 Å². The van der Waals surface area contributed by atoms with Crippen LogP contribution in [0.15, 0.2) is 104 Å². The van der Waals surface area contributed by atoms with Gasteiger partial charge in [-0.25, -0.2) is 0 Å². The Morgan fingerprint density at radius 1 is 0.652 bits per heavy atom. The molecule has 0 radical (unpaired) electrons. The van der Waals surface area contributed by atoms with E-state index in [9.17, 15) is 0 Å². The summed E-state index contributed by atoms with van der Waals surface area (Å²) in [6, 6.07) is 32.8. The van der Waals surface area contributed by atoms with Crippen LogP contribution in [-0.2, 0) is 0 Å². The maximum absolute atomic E-state index is 4.10. The Morgan fingerprint density at radius 2 is 0.957 bits per heavy atom. The predicted octanol–water partition coefficient (Wildman–Crippen LogP) is 5.05. The Morgan fingerprint density at radius 3 is 1.22 bits per heavy atom. The van der Waals surface area contributed by atoms with E-state index < -0.39 is 4.25 Å². The Balaban J connectivity index is 2.43. The fourth-order valence-electron chi connectivity index (χ4n) is 3.22. The fourth-order valence-corrected chi connectivity index (χ4v) is 11.3. The molecular weight excluding hydrogens is 410 g/mol. The molecule has 0 amide bonds. The quantitative estimate of drug-likeness (QED) is 0.302. The van der Waals surface area contributed by atoms with Gasteiger partial charge in [-0.15, -0.1) is 0 Å². The van der Waals surface area contributed by atoms with Crippen molar-refractivity contribution in [3.05, 3.63) is 104 Å². The molecule has 0 spiro atoms. The molecule has 0 bridgehead atoms. The van der Waals surface area contributed by atoms with Crippen molar-refractivity contribution in [3.8, 4) is 0 Å². The number of allylic oxidation sites excluding steroid dienone is 1. The minimum atomic E-state index is -2.58. The molecule has 0 fully saturated rings. The Labute approximate surface area is 151 Å². The van der Waals surface area contributed by atoms with Gasteiger partial charge < -0.3 is 0 Å². The second-order valence-electron chi connectivity index (χ2n) is 5.66. The van der Waals surface area contributed by atoms with E-state index in [0.29, 0.717) is 0 Å². The summed E-state index contributed by atoms with van der Waals surface area (Å²) in [5.74, 6) is 0. The normalized spacial score (nSPS) is 13.0. The standard InChI is InChI=1S/C21H20IP/c1-2-18-23(22,19-12-6-3-7-13-19,20-14-8-4-9-15-20)21-16-10-5-11-17-21/h2-17H,1,18H2. The van der Waals surface area contributed by atoms with Gasteiger partial charge in [0.15, 0.2) is 0 Å². The molecule has 0 nitrogen and oxygen atoms in total. The summed E-state index contributed by atoms with van der Waals surface area (Å²) in [4.78, 5) is 0. The average Bonchev–Trinajstić information content (AvgIpc) is 2.64. The van der Waals surface area contributed by atoms with Crippen molar-refractivity contribution in [2.24, 2.45) is 0 Å². The Kier molecular flexibility index (Phi) is 4.70. The molecule has 3 aromatic carbocycles. The van der Waals surface area contributed by atoms with Crippen molar-refractivity contribution < 1.29 is 0 Å². The van der Waals surface area contributed by atoms with Gasteiger partial charge in [0.05, 0.1) is 0 Å². The molecule has 0 aromatic heterocycles. The van der Waals surface area contributed by atoms with Crippen LogP contribution in [-0.4, -0.2) is 6.16 Å². The molecule has 0 aliphatic heterocycles. The zero-order chi connectivity index (χ0) is 16.2. The van der Waals surface area contributed by atoms with Gasteiger partial charge in [-0.3, -0.25) is 0 Å². The van der Waals surface area contributed by atoms with Gasteiger partial charge in [-0.2, -0.15) is 0 Å². The summed E-state index contributed by atoms with van der Waals surface area (Å²) in [7, 11) is 0. The van der Waals surface area contributed by atoms with Crippen LogP contribution < -0.4 is 15.9 Å². The van der Waals surface area contributed by atoms with Crippen molar-refractivity contribution in [3.63, 3.8) is 0 Å².